The predicted molar refractivity (Wildman–Crippen MR) is 69.8 cm³/mol. The fraction of sp³-hybridized carbons (Fsp3) is 0.500. The lowest BCUT2D eigenvalue weighted by Crippen LogP contribution is -2.35. The van der Waals surface area contributed by atoms with Gasteiger partial charge in [0, 0.05) is 15.5 Å². The standard InChI is InChI=1S/C14H17BrO/c1-3-14(4-2)9-8-10-11(13(14)16)6-5-7-12(10)15/h5-7H,3-4,8-9H2,1-2H3. The van der Waals surface area contributed by atoms with Crippen LogP contribution < -0.4 is 0 Å². The van der Waals surface area contributed by atoms with E-state index in [0.717, 1.165) is 35.7 Å². The Morgan fingerprint density at radius 2 is 2.00 bits per heavy atom. The number of fused-ring (bicyclic) bond motifs is 1. The molecule has 0 aromatic heterocycles. The highest BCUT2D eigenvalue weighted by Crippen LogP contribution is 2.42. The normalized spacial score (nSPS) is 18.3. The largest absolute Gasteiger partial charge is 0.294 e. The summed E-state index contributed by atoms with van der Waals surface area (Å²) >= 11 is 3.54. The summed E-state index contributed by atoms with van der Waals surface area (Å²) in [5.74, 6) is 0.347. The number of ketones is 1. The molecule has 1 aromatic carbocycles. The summed E-state index contributed by atoms with van der Waals surface area (Å²) in [5, 5.41) is 0. The summed E-state index contributed by atoms with van der Waals surface area (Å²) in [7, 11) is 0. The zero-order chi connectivity index (χ0) is 11.8. The van der Waals surface area contributed by atoms with Crippen molar-refractivity contribution in [3.05, 3.63) is 33.8 Å². The van der Waals surface area contributed by atoms with Crippen LogP contribution in [0, 0.1) is 5.41 Å². The number of Topliss-reactive ketones (excluding diaryl/α,β-unsaturated/α-hetero) is 1. The Balaban J connectivity index is 2.51. The Labute approximate surface area is 105 Å². The molecule has 0 fully saturated rings. The molecule has 0 spiro atoms. The smallest absolute Gasteiger partial charge is 0.169 e. The summed E-state index contributed by atoms with van der Waals surface area (Å²) in [4.78, 5) is 12.5. The van der Waals surface area contributed by atoms with E-state index in [1.165, 1.54) is 5.56 Å². The topological polar surface area (TPSA) is 17.1 Å². The summed E-state index contributed by atoms with van der Waals surface area (Å²) in [6, 6.07) is 5.96. The second-order valence-corrected chi connectivity index (χ2v) is 5.44. The molecule has 0 amide bonds. The fourth-order valence-electron chi connectivity index (χ4n) is 2.71. The molecule has 0 bridgehead atoms. The van der Waals surface area contributed by atoms with Gasteiger partial charge in [-0.15, -0.1) is 0 Å². The molecule has 0 aliphatic heterocycles. The third-order valence-electron chi connectivity index (χ3n) is 4.05. The van der Waals surface area contributed by atoms with Crippen LogP contribution in [-0.2, 0) is 6.42 Å². The Morgan fingerprint density at radius 1 is 1.31 bits per heavy atom. The van der Waals surface area contributed by atoms with Gasteiger partial charge in [-0.25, -0.2) is 0 Å². The molecule has 1 aromatic rings. The lowest BCUT2D eigenvalue weighted by atomic mass is 9.67. The minimum absolute atomic E-state index is 0.103. The van der Waals surface area contributed by atoms with Crippen LogP contribution in [0.1, 0.15) is 49.0 Å². The number of rotatable bonds is 2. The highest BCUT2D eigenvalue weighted by molar-refractivity contribution is 9.10. The minimum Gasteiger partial charge on any atom is -0.294 e. The van der Waals surface area contributed by atoms with E-state index in [0.29, 0.717) is 5.78 Å². The van der Waals surface area contributed by atoms with Gasteiger partial charge in [-0.1, -0.05) is 41.9 Å². The van der Waals surface area contributed by atoms with Crippen LogP contribution in [0.3, 0.4) is 0 Å². The molecule has 0 saturated carbocycles. The molecule has 0 N–H and O–H groups in total. The van der Waals surface area contributed by atoms with Crippen molar-refractivity contribution in [2.75, 3.05) is 0 Å². The van der Waals surface area contributed by atoms with Gasteiger partial charge >= 0.3 is 0 Å². The van der Waals surface area contributed by atoms with Crippen molar-refractivity contribution in [2.24, 2.45) is 5.41 Å². The highest BCUT2D eigenvalue weighted by Gasteiger charge is 2.39. The molecule has 1 aliphatic rings. The molecule has 0 saturated heterocycles. The first-order valence-electron chi connectivity index (χ1n) is 5.97. The molecule has 0 heterocycles. The Kier molecular flexibility index (Phi) is 3.20. The van der Waals surface area contributed by atoms with Gasteiger partial charge in [0.15, 0.2) is 5.78 Å². The monoisotopic (exact) mass is 280 g/mol. The van der Waals surface area contributed by atoms with Gasteiger partial charge in [0.1, 0.15) is 0 Å². The van der Waals surface area contributed by atoms with Gasteiger partial charge in [0.05, 0.1) is 0 Å². The lowest BCUT2D eigenvalue weighted by molar-refractivity contribution is 0.0738. The van der Waals surface area contributed by atoms with Crippen molar-refractivity contribution in [1.29, 1.82) is 0 Å². The zero-order valence-corrected chi connectivity index (χ0v) is 11.4. The Bertz CT molecular complexity index is 419. The third-order valence-corrected chi connectivity index (χ3v) is 4.80. The number of carbonyl (C=O) groups is 1. The van der Waals surface area contributed by atoms with Crippen molar-refractivity contribution in [2.45, 2.75) is 39.5 Å². The molecule has 16 heavy (non-hydrogen) atoms. The van der Waals surface area contributed by atoms with Gasteiger partial charge in [-0.05, 0) is 37.3 Å². The van der Waals surface area contributed by atoms with E-state index in [2.05, 4.69) is 29.8 Å². The molecule has 2 heteroatoms. The van der Waals surface area contributed by atoms with E-state index in [1.54, 1.807) is 0 Å². The molecular weight excluding hydrogens is 264 g/mol. The minimum atomic E-state index is -0.103. The second-order valence-electron chi connectivity index (χ2n) is 4.58. The number of benzene rings is 1. The van der Waals surface area contributed by atoms with Crippen LogP contribution in [0.2, 0.25) is 0 Å². The first-order chi connectivity index (χ1) is 7.64. The molecule has 0 unspecified atom stereocenters. The number of hydrogen-bond acceptors (Lipinski definition) is 1. The van der Waals surface area contributed by atoms with Crippen molar-refractivity contribution >= 4 is 21.7 Å². The second kappa shape index (κ2) is 4.33. The SMILES string of the molecule is CCC1(CC)CCc2c(Br)cccc2C1=O. The summed E-state index contributed by atoms with van der Waals surface area (Å²) in [5.41, 5.74) is 2.03. The van der Waals surface area contributed by atoms with Crippen LogP contribution in [0.25, 0.3) is 0 Å². The van der Waals surface area contributed by atoms with Crippen LogP contribution in [0.15, 0.2) is 22.7 Å². The van der Waals surface area contributed by atoms with Gasteiger partial charge in [-0.3, -0.25) is 4.79 Å². The van der Waals surface area contributed by atoms with Gasteiger partial charge < -0.3 is 0 Å². The molecule has 0 atom stereocenters. The average Bonchev–Trinajstić information content (AvgIpc) is 2.31. The van der Waals surface area contributed by atoms with E-state index in [-0.39, 0.29) is 5.41 Å². The molecule has 1 aliphatic carbocycles. The Morgan fingerprint density at radius 3 is 2.62 bits per heavy atom. The van der Waals surface area contributed by atoms with Gasteiger partial charge in [0.2, 0.25) is 0 Å². The molecular formula is C14H17BrO. The van der Waals surface area contributed by atoms with E-state index in [1.807, 2.05) is 18.2 Å². The van der Waals surface area contributed by atoms with E-state index in [4.69, 9.17) is 0 Å². The predicted octanol–water partition coefficient (Wildman–Crippen LogP) is 4.38. The van der Waals surface area contributed by atoms with Crippen molar-refractivity contribution in [3.63, 3.8) is 0 Å². The van der Waals surface area contributed by atoms with Crippen LogP contribution in [0.4, 0.5) is 0 Å². The molecule has 1 nitrogen and oxygen atoms in total. The Hall–Kier alpha value is -0.630. The van der Waals surface area contributed by atoms with Crippen molar-refractivity contribution < 1.29 is 4.79 Å². The van der Waals surface area contributed by atoms with Crippen molar-refractivity contribution in [1.82, 2.24) is 0 Å². The van der Waals surface area contributed by atoms with E-state index < -0.39 is 0 Å². The zero-order valence-electron chi connectivity index (χ0n) is 9.85. The molecule has 86 valence electrons. The highest BCUT2D eigenvalue weighted by atomic mass is 79.9. The van der Waals surface area contributed by atoms with Crippen LogP contribution >= 0.6 is 15.9 Å². The third kappa shape index (κ3) is 1.64. The molecule has 2 rings (SSSR count). The first kappa shape index (κ1) is 11.8. The van der Waals surface area contributed by atoms with Crippen LogP contribution in [-0.4, -0.2) is 5.78 Å². The van der Waals surface area contributed by atoms with Crippen LogP contribution in [0.5, 0.6) is 0 Å². The summed E-state index contributed by atoms with van der Waals surface area (Å²) < 4.78 is 1.08. The lowest BCUT2D eigenvalue weighted by Gasteiger charge is -2.35. The number of hydrogen-bond donors (Lipinski definition) is 0. The van der Waals surface area contributed by atoms with Gasteiger partial charge in [0.25, 0.3) is 0 Å². The maximum Gasteiger partial charge on any atom is 0.169 e. The first-order valence-corrected chi connectivity index (χ1v) is 6.76. The molecule has 0 radical (unpaired) electrons. The van der Waals surface area contributed by atoms with Crippen molar-refractivity contribution in [3.8, 4) is 0 Å². The maximum atomic E-state index is 12.5. The average molecular weight is 281 g/mol. The summed E-state index contributed by atoms with van der Waals surface area (Å²) in [6.07, 6.45) is 3.92. The van der Waals surface area contributed by atoms with E-state index >= 15 is 0 Å². The maximum absolute atomic E-state index is 12.5. The summed E-state index contributed by atoms with van der Waals surface area (Å²) in [6.45, 7) is 4.26. The van der Waals surface area contributed by atoms with Gasteiger partial charge in [-0.2, -0.15) is 0 Å². The number of halogens is 1. The quantitative estimate of drug-likeness (QED) is 0.786. The fourth-order valence-corrected chi connectivity index (χ4v) is 3.28. The number of carbonyl (C=O) groups excluding carboxylic acids is 1. The van der Waals surface area contributed by atoms with E-state index in [9.17, 15) is 4.79 Å².